The van der Waals surface area contributed by atoms with Crippen molar-refractivity contribution >= 4 is 16.6 Å². The van der Waals surface area contributed by atoms with Gasteiger partial charge in [-0.2, -0.15) is 0 Å². The molecule has 3 atom stereocenters. The van der Waals surface area contributed by atoms with Crippen LogP contribution in [-0.4, -0.2) is 24.8 Å². The Kier molecular flexibility index (Phi) is 7.07. The zero-order valence-corrected chi connectivity index (χ0v) is 18.8. The molecule has 32 heavy (non-hydrogen) atoms. The third-order valence-corrected chi connectivity index (χ3v) is 7.49. The van der Waals surface area contributed by atoms with E-state index in [1.165, 1.54) is 0 Å². The molecule has 0 aliphatic heterocycles. The van der Waals surface area contributed by atoms with E-state index in [0.29, 0.717) is 17.1 Å². The molecule has 0 saturated heterocycles. The Morgan fingerprint density at radius 1 is 0.906 bits per heavy atom. The monoisotopic (exact) mass is 442 g/mol. The standard InChI is InChI=1S/C27H26N2O2S/c1-29-18-17-28-27(29)32(31)26(19-21-11-5-2-6-12-21)24(22-13-7-3-8-14-22)20-25(30)23-15-9-4-10-16-23/h2-18,24,26H,19-20H2,1H3/t24-,26+,32?/m0/s1. The topological polar surface area (TPSA) is 52.0 Å². The molecule has 1 aromatic heterocycles. The first kappa shape index (κ1) is 21.9. The number of aromatic nitrogens is 2. The van der Waals surface area contributed by atoms with Gasteiger partial charge in [-0.25, -0.2) is 4.98 Å². The van der Waals surface area contributed by atoms with Crippen LogP contribution in [0.3, 0.4) is 0 Å². The van der Waals surface area contributed by atoms with Crippen LogP contribution in [0.25, 0.3) is 0 Å². The van der Waals surface area contributed by atoms with Crippen molar-refractivity contribution in [2.24, 2.45) is 7.05 Å². The Morgan fingerprint density at radius 3 is 2.09 bits per heavy atom. The lowest BCUT2D eigenvalue weighted by atomic mass is 9.86. The fourth-order valence-corrected chi connectivity index (χ4v) is 5.68. The van der Waals surface area contributed by atoms with Crippen molar-refractivity contribution in [1.29, 1.82) is 0 Å². The summed E-state index contributed by atoms with van der Waals surface area (Å²) in [4.78, 5) is 17.6. The maximum Gasteiger partial charge on any atom is 0.199 e. The molecule has 0 radical (unpaired) electrons. The summed E-state index contributed by atoms with van der Waals surface area (Å²) in [5.41, 5.74) is 2.78. The molecule has 162 valence electrons. The Hall–Kier alpha value is -3.31. The highest BCUT2D eigenvalue weighted by Crippen LogP contribution is 2.32. The number of hydrogen-bond donors (Lipinski definition) is 0. The van der Waals surface area contributed by atoms with E-state index in [2.05, 4.69) is 4.98 Å². The zero-order valence-electron chi connectivity index (χ0n) is 18.0. The third-order valence-electron chi connectivity index (χ3n) is 5.69. The van der Waals surface area contributed by atoms with Crippen LogP contribution in [0.2, 0.25) is 0 Å². The lowest BCUT2D eigenvalue weighted by molar-refractivity contribution is 0.0973. The summed E-state index contributed by atoms with van der Waals surface area (Å²) in [5.74, 6) is -0.170. The summed E-state index contributed by atoms with van der Waals surface area (Å²) in [7, 11) is 0.448. The predicted octanol–water partition coefficient (Wildman–Crippen LogP) is 5.20. The van der Waals surface area contributed by atoms with Crippen LogP contribution in [0.4, 0.5) is 0 Å². The molecular weight excluding hydrogens is 416 g/mol. The van der Waals surface area contributed by atoms with Gasteiger partial charge in [0.1, 0.15) is 0 Å². The van der Waals surface area contributed by atoms with Crippen LogP contribution in [0.15, 0.2) is 109 Å². The highest BCUT2D eigenvalue weighted by atomic mass is 32.2. The smallest absolute Gasteiger partial charge is 0.199 e. The van der Waals surface area contributed by atoms with Crippen molar-refractivity contribution in [1.82, 2.24) is 9.55 Å². The van der Waals surface area contributed by atoms with Crippen molar-refractivity contribution in [3.05, 3.63) is 120 Å². The van der Waals surface area contributed by atoms with Crippen molar-refractivity contribution < 1.29 is 9.00 Å². The predicted molar refractivity (Wildman–Crippen MR) is 128 cm³/mol. The second-order valence-corrected chi connectivity index (χ2v) is 9.42. The Bertz CT molecular complexity index is 1170. The molecule has 0 aliphatic carbocycles. The van der Waals surface area contributed by atoms with E-state index in [1.807, 2.05) is 98.0 Å². The number of rotatable bonds is 9. The van der Waals surface area contributed by atoms with Crippen LogP contribution >= 0.6 is 0 Å². The second-order valence-electron chi connectivity index (χ2n) is 7.86. The fourth-order valence-electron chi connectivity index (χ4n) is 4.00. The van der Waals surface area contributed by atoms with Gasteiger partial charge < -0.3 is 4.57 Å². The SMILES string of the molecule is Cn1ccnc1S(=O)[C@H](Cc1ccccc1)[C@@H](CC(=O)c1ccccc1)c1ccccc1. The summed E-state index contributed by atoms with van der Waals surface area (Å²) in [5, 5.41) is 0.215. The largest absolute Gasteiger partial charge is 0.327 e. The van der Waals surface area contributed by atoms with E-state index >= 15 is 0 Å². The minimum Gasteiger partial charge on any atom is -0.327 e. The van der Waals surface area contributed by atoms with E-state index in [1.54, 1.807) is 17.0 Å². The molecule has 0 saturated carbocycles. The molecule has 0 bridgehead atoms. The molecular formula is C27H26N2O2S. The number of aryl methyl sites for hydroxylation is 1. The lowest BCUT2D eigenvalue weighted by Crippen LogP contribution is -2.30. The number of Topliss-reactive ketones (excluding diaryl/α,β-unsaturated/α-hetero) is 1. The van der Waals surface area contributed by atoms with Crippen LogP contribution in [0, 0.1) is 0 Å². The van der Waals surface area contributed by atoms with Gasteiger partial charge in [-0.05, 0) is 17.5 Å². The number of ketones is 1. The molecule has 0 fully saturated rings. The molecule has 1 unspecified atom stereocenters. The van der Waals surface area contributed by atoms with Crippen LogP contribution in [0.1, 0.15) is 33.8 Å². The first-order valence-electron chi connectivity index (χ1n) is 10.7. The van der Waals surface area contributed by atoms with E-state index in [0.717, 1.165) is 11.1 Å². The summed E-state index contributed by atoms with van der Waals surface area (Å²) in [6.45, 7) is 0. The molecule has 0 spiro atoms. The molecule has 5 heteroatoms. The highest BCUT2D eigenvalue weighted by molar-refractivity contribution is 7.85. The van der Waals surface area contributed by atoms with Gasteiger partial charge in [-0.1, -0.05) is 91.0 Å². The van der Waals surface area contributed by atoms with E-state index in [9.17, 15) is 9.00 Å². The highest BCUT2D eigenvalue weighted by Gasteiger charge is 2.33. The summed E-state index contributed by atoms with van der Waals surface area (Å²) >= 11 is 0. The van der Waals surface area contributed by atoms with Gasteiger partial charge in [0.05, 0.1) is 16.0 Å². The van der Waals surface area contributed by atoms with Crippen molar-refractivity contribution in [3.8, 4) is 0 Å². The minimum absolute atomic E-state index is 0.0503. The van der Waals surface area contributed by atoms with E-state index in [4.69, 9.17) is 0 Å². The van der Waals surface area contributed by atoms with Gasteiger partial charge in [-0.3, -0.25) is 9.00 Å². The second kappa shape index (κ2) is 10.3. The van der Waals surface area contributed by atoms with Gasteiger partial charge in [0, 0.05) is 37.3 Å². The maximum absolute atomic E-state index is 13.9. The average molecular weight is 443 g/mol. The molecule has 1 heterocycles. The van der Waals surface area contributed by atoms with Gasteiger partial charge in [0.15, 0.2) is 10.9 Å². The summed E-state index contributed by atoms with van der Waals surface area (Å²) < 4.78 is 15.7. The molecule has 4 aromatic rings. The minimum atomic E-state index is -1.41. The van der Waals surface area contributed by atoms with Crippen LogP contribution < -0.4 is 0 Å². The first-order chi connectivity index (χ1) is 15.6. The van der Waals surface area contributed by atoms with Crippen LogP contribution in [0.5, 0.6) is 0 Å². The number of hydrogen-bond acceptors (Lipinski definition) is 3. The Morgan fingerprint density at radius 2 is 1.50 bits per heavy atom. The first-order valence-corrected chi connectivity index (χ1v) is 11.9. The van der Waals surface area contributed by atoms with Crippen molar-refractivity contribution in [2.45, 2.75) is 29.2 Å². The number of benzene rings is 3. The summed E-state index contributed by atoms with van der Waals surface area (Å²) in [6.07, 6.45) is 4.34. The van der Waals surface area contributed by atoms with Crippen molar-refractivity contribution in [3.63, 3.8) is 0 Å². The van der Waals surface area contributed by atoms with E-state index in [-0.39, 0.29) is 23.4 Å². The van der Waals surface area contributed by atoms with E-state index < -0.39 is 10.8 Å². The number of carbonyl (C=O) groups is 1. The Balaban J connectivity index is 1.75. The van der Waals surface area contributed by atoms with Gasteiger partial charge in [0.25, 0.3) is 0 Å². The molecule has 0 amide bonds. The maximum atomic E-state index is 13.9. The fraction of sp³-hybridized carbons (Fsp3) is 0.185. The van der Waals surface area contributed by atoms with Crippen LogP contribution in [-0.2, 0) is 24.3 Å². The lowest BCUT2D eigenvalue weighted by Gasteiger charge is -2.27. The number of imidazole rings is 1. The quantitative estimate of drug-likeness (QED) is 0.335. The number of nitrogens with zero attached hydrogens (tertiary/aromatic N) is 2. The zero-order chi connectivity index (χ0) is 22.3. The molecule has 0 N–H and O–H groups in total. The van der Waals surface area contributed by atoms with Crippen molar-refractivity contribution in [2.75, 3.05) is 0 Å². The van der Waals surface area contributed by atoms with Gasteiger partial charge >= 0.3 is 0 Å². The molecule has 4 nitrogen and oxygen atoms in total. The normalized spacial score (nSPS) is 13.9. The number of carbonyl (C=O) groups excluding carboxylic acids is 1. The molecule has 3 aromatic carbocycles. The summed E-state index contributed by atoms with van der Waals surface area (Å²) in [6, 6.07) is 29.3. The van der Waals surface area contributed by atoms with Gasteiger partial charge in [0.2, 0.25) is 0 Å². The molecule has 4 rings (SSSR count). The Labute approximate surface area is 191 Å². The average Bonchev–Trinajstić information content (AvgIpc) is 3.28. The van der Waals surface area contributed by atoms with Gasteiger partial charge in [-0.15, -0.1) is 0 Å². The molecule has 0 aliphatic rings. The third kappa shape index (κ3) is 5.11.